The molecule has 2 heteroatoms. The van der Waals surface area contributed by atoms with Crippen molar-refractivity contribution in [3.05, 3.63) is 0 Å². The summed E-state index contributed by atoms with van der Waals surface area (Å²) in [5.74, 6) is 0.722. The van der Waals surface area contributed by atoms with Crippen LogP contribution in [-0.4, -0.2) is 28.9 Å². The van der Waals surface area contributed by atoms with Gasteiger partial charge in [0.1, 0.15) is 0 Å². The van der Waals surface area contributed by atoms with Crippen molar-refractivity contribution in [2.45, 2.75) is 6.92 Å². The van der Waals surface area contributed by atoms with Gasteiger partial charge in [-0.2, -0.15) is 0 Å². The normalized spacial score (nSPS) is 4.50. The largest absolute Gasteiger partial charge is 0.127 e. The molecule has 0 heterocycles. The van der Waals surface area contributed by atoms with Crippen LogP contribution in [0.25, 0.3) is 0 Å². The summed E-state index contributed by atoms with van der Waals surface area (Å²) in [5, 5.41) is 0. The Labute approximate surface area is 47.7 Å². The first-order chi connectivity index (χ1) is 1.41. The lowest BCUT2D eigenvalue weighted by Crippen LogP contribution is -1.36. The molecule has 0 N–H and O–H groups in total. The third-order valence-electron chi connectivity index (χ3n) is 0. The molecule has 0 bridgehead atoms. The zero-order chi connectivity index (χ0) is 2.71. The number of alkyl halides is 1. The number of rotatable bonds is 0. The van der Waals surface area contributed by atoms with E-state index >= 15 is 0 Å². The van der Waals surface area contributed by atoms with Gasteiger partial charge in [0.2, 0.25) is 0 Å². The number of hydrogen-bond acceptors (Lipinski definition) is 0. The van der Waals surface area contributed by atoms with Crippen LogP contribution in [0.1, 0.15) is 6.92 Å². The highest BCUT2D eigenvalue weighted by molar-refractivity contribution is 6.17. The van der Waals surface area contributed by atoms with Crippen molar-refractivity contribution in [2.75, 3.05) is 5.88 Å². The second-order valence-electron chi connectivity index (χ2n) is 0.267. The van der Waals surface area contributed by atoms with Gasteiger partial charge in [-0.05, 0) is 0 Å². The highest BCUT2D eigenvalue weighted by Crippen LogP contribution is 1.59. The van der Waals surface area contributed by atoms with Gasteiger partial charge in [0.15, 0.2) is 0 Å². The molecule has 0 fully saturated rings. The summed E-state index contributed by atoms with van der Waals surface area (Å²) < 4.78 is 0. The SMILES string of the molecule is CCCl.[Mg]. The van der Waals surface area contributed by atoms with Crippen LogP contribution in [-0.2, 0) is 0 Å². The third kappa shape index (κ3) is 11.6. The summed E-state index contributed by atoms with van der Waals surface area (Å²) in [6, 6.07) is 0. The Bertz CT molecular complexity index is 6.00. The van der Waals surface area contributed by atoms with Gasteiger partial charge in [0, 0.05) is 28.9 Å². The fourth-order valence-electron chi connectivity index (χ4n) is 0. The molecule has 0 saturated heterocycles. The third-order valence-corrected chi connectivity index (χ3v) is 0. The minimum atomic E-state index is 0. The quantitative estimate of drug-likeness (QED) is 0.305. The molecule has 2 radical (unpaired) electrons. The Balaban J connectivity index is 0. The Kier molecular flexibility index (Phi) is 20.0. The molecular weight excluding hydrogens is 83.8 g/mol. The van der Waals surface area contributed by atoms with Crippen LogP contribution < -0.4 is 0 Å². The van der Waals surface area contributed by atoms with Gasteiger partial charge in [-0.15, -0.1) is 11.6 Å². The average Bonchev–Trinajstić information content (AvgIpc) is 0.918. The van der Waals surface area contributed by atoms with Gasteiger partial charge in [0.05, 0.1) is 0 Å². The molecule has 4 heavy (non-hydrogen) atoms. The molecule has 0 saturated carbocycles. The Morgan fingerprint density at radius 2 is 1.75 bits per heavy atom. The Morgan fingerprint density at radius 3 is 1.75 bits per heavy atom. The summed E-state index contributed by atoms with van der Waals surface area (Å²) >= 11 is 5.00. The maximum absolute atomic E-state index is 5.00. The summed E-state index contributed by atoms with van der Waals surface area (Å²) in [6.07, 6.45) is 0. The van der Waals surface area contributed by atoms with Crippen molar-refractivity contribution in [1.29, 1.82) is 0 Å². The van der Waals surface area contributed by atoms with Gasteiger partial charge in [-0.25, -0.2) is 0 Å². The molecule has 0 aromatic heterocycles. The monoisotopic (exact) mass is 88.0 g/mol. The molecule has 0 spiro atoms. The smallest absolute Gasteiger partial charge is 0.0195 e. The van der Waals surface area contributed by atoms with E-state index in [1.807, 2.05) is 6.92 Å². The first-order valence-corrected chi connectivity index (χ1v) is 1.51. The standard InChI is InChI=1S/C2H5Cl.Mg/c1-2-3;/h2H2,1H3;. The lowest BCUT2D eigenvalue weighted by Gasteiger charge is -1.45. The topological polar surface area (TPSA) is 0 Å². The van der Waals surface area contributed by atoms with Gasteiger partial charge in [-0.3, -0.25) is 0 Å². The van der Waals surface area contributed by atoms with Gasteiger partial charge in [-0.1, -0.05) is 6.92 Å². The number of hydrogen-bond donors (Lipinski definition) is 0. The van der Waals surface area contributed by atoms with Gasteiger partial charge in [0.25, 0.3) is 0 Å². The van der Waals surface area contributed by atoms with E-state index in [9.17, 15) is 0 Å². The van der Waals surface area contributed by atoms with Crippen molar-refractivity contribution in [3.63, 3.8) is 0 Å². The molecule has 0 aromatic carbocycles. The van der Waals surface area contributed by atoms with E-state index < -0.39 is 0 Å². The zero-order valence-corrected chi connectivity index (χ0v) is 4.96. The van der Waals surface area contributed by atoms with Crippen LogP contribution in [0, 0.1) is 0 Å². The molecule has 0 aliphatic heterocycles. The van der Waals surface area contributed by atoms with Gasteiger partial charge >= 0.3 is 0 Å². The van der Waals surface area contributed by atoms with E-state index in [2.05, 4.69) is 0 Å². The lowest BCUT2D eigenvalue weighted by molar-refractivity contribution is 1.51. The molecule has 0 aromatic rings. The predicted octanol–water partition coefficient (Wildman–Crippen LogP) is 0.864. The second kappa shape index (κ2) is 8.96. The average molecular weight is 88.8 g/mol. The molecule has 0 amide bonds. The van der Waals surface area contributed by atoms with E-state index in [1.54, 1.807) is 0 Å². The second-order valence-corrected chi connectivity index (χ2v) is 0.802. The van der Waals surface area contributed by atoms with E-state index in [-0.39, 0.29) is 23.1 Å². The molecule has 0 aliphatic rings. The molecule has 0 atom stereocenters. The first-order valence-electron chi connectivity index (χ1n) is 0.974. The van der Waals surface area contributed by atoms with Crippen LogP contribution in [0.4, 0.5) is 0 Å². The number of halogens is 1. The van der Waals surface area contributed by atoms with Crippen molar-refractivity contribution >= 4 is 34.7 Å². The van der Waals surface area contributed by atoms with Crippen LogP contribution in [0.5, 0.6) is 0 Å². The van der Waals surface area contributed by atoms with Crippen LogP contribution in [0.15, 0.2) is 0 Å². The first kappa shape index (κ1) is 8.91. The van der Waals surface area contributed by atoms with Crippen LogP contribution in [0.3, 0.4) is 0 Å². The van der Waals surface area contributed by atoms with E-state index in [4.69, 9.17) is 11.6 Å². The fraction of sp³-hybridized carbons (Fsp3) is 1.00. The van der Waals surface area contributed by atoms with Crippen LogP contribution >= 0.6 is 11.6 Å². The zero-order valence-electron chi connectivity index (χ0n) is 2.79. The minimum Gasteiger partial charge on any atom is -0.127 e. The Hall–Kier alpha value is 1.06. The van der Waals surface area contributed by atoms with Crippen LogP contribution in [0.2, 0.25) is 0 Å². The maximum atomic E-state index is 5.00. The Morgan fingerprint density at radius 1 is 1.75 bits per heavy atom. The predicted molar refractivity (Wildman–Crippen MR) is 22.1 cm³/mol. The van der Waals surface area contributed by atoms with E-state index in [0.717, 1.165) is 5.88 Å². The van der Waals surface area contributed by atoms with Crippen molar-refractivity contribution in [3.8, 4) is 0 Å². The molecule has 0 unspecified atom stereocenters. The van der Waals surface area contributed by atoms with Gasteiger partial charge < -0.3 is 0 Å². The van der Waals surface area contributed by atoms with E-state index in [0.29, 0.717) is 0 Å². The fourth-order valence-corrected chi connectivity index (χ4v) is 0. The van der Waals surface area contributed by atoms with Crippen molar-refractivity contribution < 1.29 is 0 Å². The maximum Gasteiger partial charge on any atom is 0.0195 e. The van der Waals surface area contributed by atoms with Crippen molar-refractivity contribution in [2.24, 2.45) is 0 Å². The highest BCUT2D eigenvalue weighted by atomic mass is 35.5. The molecular formula is C2H5ClMg. The minimum absolute atomic E-state index is 0. The molecule has 0 nitrogen and oxygen atoms in total. The highest BCUT2D eigenvalue weighted by Gasteiger charge is 1.38. The summed E-state index contributed by atoms with van der Waals surface area (Å²) in [7, 11) is 0. The summed E-state index contributed by atoms with van der Waals surface area (Å²) in [4.78, 5) is 0. The molecule has 22 valence electrons. The van der Waals surface area contributed by atoms with Crippen molar-refractivity contribution in [1.82, 2.24) is 0 Å². The van der Waals surface area contributed by atoms with E-state index in [1.165, 1.54) is 0 Å². The lowest BCUT2D eigenvalue weighted by atomic mass is 11.0. The molecule has 0 aliphatic carbocycles. The summed E-state index contributed by atoms with van der Waals surface area (Å²) in [5.41, 5.74) is 0. The molecule has 0 rings (SSSR count). The summed E-state index contributed by atoms with van der Waals surface area (Å²) in [6.45, 7) is 1.89.